The highest BCUT2D eigenvalue weighted by molar-refractivity contribution is 7.92. The zero-order chi connectivity index (χ0) is 15.9. The summed E-state index contributed by atoms with van der Waals surface area (Å²) in [6.07, 6.45) is 0. The Balaban J connectivity index is 2.03. The maximum Gasteiger partial charge on any atom is 0.307 e. The van der Waals surface area contributed by atoms with Crippen LogP contribution in [0.3, 0.4) is 0 Å². The summed E-state index contributed by atoms with van der Waals surface area (Å²) in [4.78, 5) is 11.7. The molecule has 0 amide bonds. The topological polar surface area (TPSA) is 68.2 Å². The van der Waals surface area contributed by atoms with E-state index in [0.29, 0.717) is 10.4 Å². The molecule has 0 atom stereocenters. The van der Waals surface area contributed by atoms with Crippen LogP contribution in [0.2, 0.25) is 0 Å². The predicted octanol–water partition coefficient (Wildman–Crippen LogP) is 2.71. The number of aryl methyl sites for hydroxylation is 2. The van der Waals surface area contributed by atoms with Crippen molar-refractivity contribution in [1.82, 2.24) is 4.57 Å². The highest BCUT2D eigenvalue weighted by Gasteiger charge is 2.16. The second-order valence-electron chi connectivity index (χ2n) is 5.03. The number of aromatic nitrogens is 1. The average molecular weight is 334 g/mol. The molecule has 2 aromatic carbocycles. The van der Waals surface area contributed by atoms with Crippen molar-refractivity contribution in [3.05, 3.63) is 57.7 Å². The van der Waals surface area contributed by atoms with Gasteiger partial charge in [0.15, 0.2) is 0 Å². The van der Waals surface area contributed by atoms with Crippen LogP contribution in [-0.4, -0.2) is 13.0 Å². The Hall–Kier alpha value is -2.12. The Labute approximate surface area is 131 Å². The average Bonchev–Trinajstić information content (AvgIpc) is 2.73. The molecule has 1 N–H and O–H groups in total. The fraction of sp³-hybridized carbons (Fsp3) is 0.133. The summed E-state index contributed by atoms with van der Waals surface area (Å²) in [5.74, 6) is 0. The first-order valence-electron chi connectivity index (χ1n) is 6.56. The zero-order valence-electron chi connectivity index (χ0n) is 12.0. The second kappa shape index (κ2) is 5.26. The fourth-order valence-electron chi connectivity index (χ4n) is 2.20. The van der Waals surface area contributed by atoms with Crippen LogP contribution in [0.15, 0.2) is 52.2 Å². The van der Waals surface area contributed by atoms with Gasteiger partial charge in [0.2, 0.25) is 0 Å². The number of benzene rings is 2. The predicted molar refractivity (Wildman–Crippen MR) is 89.1 cm³/mol. The molecule has 0 saturated carbocycles. The molecule has 0 radical (unpaired) electrons. The molecule has 0 bridgehead atoms. The van der Waals surface area contributed by atoms with Gasteiger partial charge in [0.1, 0.15) is 0 Å². The number of sulfonamides is 1. The van der Waals surface area contributed by atoms with Gasteiger partial charge in [-0.2, -0.15) is 0 Å². The van der Waals surface area contributed by atoms with Crippen LogP contribution in [0.4, 0.5) is 5.69 Å². The number of hydrogen-bond donors (Lipinski definition) is 1. The van der Waals surface area contributed by atoms with Gasteiger partial charge < -0.3 is 4.57 Å². The molecule has 1 aromatic heterocycles. The molecule has 0 aliphatic rings. The first-order chi connectivity index (χ1) is 10.4. The number of anilines is 1. The summed E-state index contributed by atoms with van der Waals surface area (Å²) < 4.78 is 29.6. The van der Waals surface area contributed by atoms with Crippen molar-refractivity contribution in [3.8, 4) is 0 Å². The van der Waals surface area contributed by atoms with E-state index in [-0.39, 0.29) is 9.77 Å². The van der Waals surface area contributed by atoms with Crippen molar-refractivity contribution in [1.29, 1.82) is 0 Å². The van der Waals surface area contributed by atoms with Gasteiger partial charge in [-0.3, -0.25) is 9.52 Å². The van der Waals surface area contributed by atoms with Crippen molar-refractivity contribution in [2.45, 2.75) is 11.8 Å². The largest absolute Gasteiger partial charge is 0.307 e. The smallest absolute Gasteiger partial charge is 0.302 e. The van der Waals surface area contributed by atoms with E-state index in [1.807, 2.05) is 13.0 Å². The van der Waals surface area contributed by atoms with Crippen molar-refractivity contribution in [3.63, 3.8) is 0 Å². The van der Waals surface area contributed by atoms with E-state index >= 15 is 0 Å². The van der Waals surface area contributed by atoms with Gasteiger partial charge in [-0.1, -0.05) is 23.5 Å². The van der Waals surface area contributed by atoms with E-state index in [1.165, 1.54) is 16.7 Å². The molecule has 1 heterocycles. The normalized spacial score (nSPS) is 11.7. The Morgan fingerprint density at radius 2 is 1.91 bits per heavy atom. The van der Waals surface area contributed by atoms with Crippen molar-refractivity contribution in [2.24, 2.45) is 7.05 Å². The zero-order valence-corrected chi connectivity index (χ0v) is 13.7. The minimum Gasteiger partial charge on any atom is -0.302 e. The molecule has 0 saturated heterocycles. The van der Waals surface area contributed by atoms with Gasteiger partial charge in [-0.05, 0) is 42.8 Å². The summed E-state index contributed by atoms with van der Waals surface area (Å²) in [6, 6.07) is 11.8. The van der Waals surface area contributed by atoms with Gasteiger partial charge >= 0.3 is 4.87 Å². The maximum atomic E-state index is 12.5. The molecule has 0 aliphatic carbocycles. The van der Waals surface area contributed by atoms with E-state index in [0.717, 1.165) is 22.4 Å². The summed E-state index contributed by atoms with van der Waals surface area (Å²) in [5, 5.41) is 0. The standard InChI is InChI=1S/C15H14N2O3S2/c1-10-4-3-5-11(8-10)16-22(19,20)12-6-7-13-14(9-12)21-15(18)17(13)2/h3-9,16H,1-2H3. The van der Waals surface area contributed by atoms with E-state index in [9.17, 15) is 13.2 Å². The molecular weight excluding hydrogens is 320 g/mol. The lowest BCUT2D eigenvalue weighted by molar-refractivity contribution is 0.601. The van der Waals surface area contributed by atoms with Crippen LogP contribution in [0.5, 0.6) is 0 Å². The third-order valence-corrected chi connectivity index (χ3v) is 5.72. The minimum atomic E-state index is -3.68. The summed E-state index contributed by atoms with van der Waals surface area (Å²) in [6.45, 7) is 1.89. The molecule has 7 heteroatoms. The van der Waals surface area contributed by atoms with E-state index in [1.54, 1.807) is 31.3 Å². The minimum absolute atomic E-state index is 0.115. The van der Waals surface area contributed by atoms with Crippen LogP contribution in [-0.2, 0) is 17.1 Å². The van der Waals surface area contributed by atoms with Crippen LogP contribution >= 0.6 is 11.3 Å². The number of nitrogens with zero attached hydrogens (tertiary/aromatic N) is 1. The SMILES string of the molecule is Cc1cccc(NS(=O)(=O)c2ccc3c(c2)sc(=O)n3C)c1. The molecule has 0 aliphatic heterocycles. The highest BCUT2D eigenvalue weighted by atomic mass is 32.2. The molecule has 0 fully saturated rings. The molecule has 5 nitrogen and oxygen atoms in total. The van der Waals surface area contributed by atoms with Crippen molar-refractivity contribution in [2.75, 3.05) is 4.72 Å². The molecular formula is C15H14N2O3S2. The number of fused-ring (bicyclic) bond motifs is 1. The van der Waals surface area contributed by atoms with Crippen LogP contribution < -0.4 is 9.60 Å². The third kappa shape index (κ3) is 2.65. The maximum absolute atomic E-state index is 12.5. The second-order valence-corrected chi connectivity index (χ2v) is 7.71. The Morgan fingerprint density at radius 3 is 2.64 bits per heavy atom. The quantitative estimate of drug-likeness (QED) is 0.801. The highest BCUT2D eigenvalue weighted by Crippen LogP contribution is 2.23. The Kier molecular flexibility index (Phi) is 3.54. The molecule has 0 spiro atoms. The van der Waals surface area contributed by atoms with E-state index < -0.39 is 10.0 Å². The number of rotatable bonds is 3. The molecule has 3 aromatic rings. The Bertz CT molecular complexity index is 1020. The lowest BCUT2D eigenvalue weighted by Gasteiger charge is -2.08. The summed E-state index contributed by atoms with van der Waals surface area (Å²) >= 11 is 1.03. The molecule has 114 valence electrons. The lowest BCUT2D eigenvalue weighted by atomic mass is 10.2. The number of nitrogens with one attached hydrogen (secondary N) is 1. The van der Waals surface area contributed by atoms with Gasteiger partial charge in [-0.15, -0.1) is 0 Å². The number of hydrogen-bond acceptors (Lipinski definition) is 4. The Morgan fingerprint density at radius 1 is 1.14 bits per heavy atom. The van der Waals surface area contributed by atoms with Crippen LogP contribution in [0.1, 0.15) is 5.56 Å². The van der Waals surface area contributed by atoms with Gasteiger partial charge in [0, 0.05) is 12.7 Å². The summed E-state index contributed by atoms with van der Waals surface area (Å²) in [5.41, 5.74) is 2.21. The molecule has 3 rings (SSSR count). The van der Waals surface area contributed by atoms with Gasteiger partial charge in [0.05, 0.1) is 15.1 Å². The first kappa shape index (κ1) is 14.8. The van der Waals surface area contributed by atoms with Gasteiger partial charge in [0.25, 0.3) is 10.0 Å². The fourth-order valence-corrected chi connectivity index (χ4v) is 4.27. The van der Waals surface area contributed by atoms with E-state index in [2.05, 4.69) is 4.72 Å². The van der Waals surface area contributed by atoms with E-state index in [4.69, 9.17) is 0 Å². The van der Waals surface area contributed by atoms with Gasteiger partial charge in [-0.25, -0.2) is 8.42 Å². The third-order valence-electron chi connectivity index (χ3n) is 3.34. The summed E-state index contributed by atoms with van der Waals surface area (Å²) in [7, 11) is -2.01. The number of thiazole rings is 1. The van der Waals surface area contributed by atoms with Crippen molar-refractivity contribution >= 4 is 37.3 Å². The van der Waals surface area contributed by atoms with Crippen molar-refractivity contribution < 1.29 is 8.42 Å². The molecule has 0 unspecified atom stereocenters. The van der Waals surface area contributed by atoms with Crippen LogP contribution in [0.25, 0.3) is 10.2 Å². The first-order valence-corrected chi connectivity index (χ1v) is 8.86. The monoisotopic (exact) mass is 334 g/mol. The van der Waals surface area contributed by atoms with Crippen LogP contribution in [0, 0.1) is 6.92 Å². The lowest BCUT2D eigenvalue weighted by Crippen LogP contribution is -2.13. The molecule has 22 heavy (non-hydrogen) atoms.